The Morgan fingerprint density at radius 1 is 1.25 bits per heavy atom. The Hall–Kier alpha value is -1.01. The molecule has 2 radical (unpaired) electrons. The minimum absolute atomic E-state index is 0.151. The molecule has 62 valence electrons. The number of benzene rings is 1. The molecule has 1 aromatic carbocycles. The highest BCUT2D eigenvalue weighted by Gasteiger charge is 2.07. The van der Waals surface area contributed by atoms with Gasteiger partial charge in [-0.15, -0.1) is 0 Å². The molecule has 0 aliphatic heterocycles. The lowest BCUT2D eigenvalue weighted by Crippen LogP contribution is -1.98. The van der Waals surface area contributed by atoms with Crippen molar-refractivity contribution in [1.82, 2.24) is 0 Å². The summed E-state index contributed by atoms with van der Waals surface area (Å²) < 4.78 is 29.6. The molecule has 1 rings (SSSR count). The minimum Gasteiger partial charge on any atom is -0.437 e. The van der Waals surface area contributed by atoms with Gasteiger partial charge in [0, 0.05) is 5.69 Å². The second-order valence-electron chi connectivity index (χ2n) is 2.14. The van der Waals surface area contributed by atoms with Crippen LogP contribution in [-0.2, 0) is 10.1 Å². The van der Waals surface area contributed by atoms with E-state index in [9.17, 15) is 8.42 Å². The van der Waals surface area contributed by atoms with Crippen molar-refractivity contribution in [2.45, 2.75) is 4.90 Å². The molecular formula is C6H6BNO3S. The molecule has 0 atom stereocenters. The zero-order valence-corrected chi connectivity index (χ0v) is 6.88. The molecule has 4 nitrogen and oxygen atoms in total. The highest BCUT2D eigenvalue weighted by molar-refractivity contribution is 7.85. The average Bonchev–Trinajstić information content (AvgIpc) is 2.03. The van der Waals surface area contributed by atoms with Crippen LogP contribution in [0, 0.1) is 0 Å². The Bertz CT molecular complexity index is 359. The summed E-state index contributed by atoms with van der Waals surface area (Å²) in [5.74, 6) is 0. The van der Waals surface area contributed by atoms with Gasteiger partial charge in [-0.05, 0) is 24.3 Å². The summed E-state index contributed by atoms with van der Waals surface area (Å²) in [6.45, 7) is 0. The Labute approximate surface area is 71.8 Å². The standard InChI is InChI=1S/C6H6BNO3S/c7-8-5-1-3-6(4-2-5)12(9,10)11/h1-4,8H,(H,9,10,11). The van der Waals surface area contributed by atoms with Crippen LogP contribution in [0.1, 0.15) is 0 Å². The number of nitrogens with one attached hydrogen (secondary N) is 1. The summed E-state index contributed by atoms with van der Waals surface area (Å²) in [6.07, 6.45) is 0. The van der Waals surface area contributed by atoms with Crippen LogP contribution < -0.4 is 5.23 Å². The fraction of sp³-hybridized carbons (Fsp3) is 0. The van der Waals surface area contributed by atoms with Gasteiger partial charge in [-0.3, -0.25) is 4.55 Å². The highest BCUT2D eigenvalue weighted by Crippen LogP contribution is 2.12. The van der Waals surface area contributed by atoms with E-state index in [0.29, 0.717) is 5.69 Å². The van der Waals surface area contributed by atoms with Crippen LogP contribution in [0.15, 0.2) is 29.2 Å². The summed E-state index contributed by atoms with van der Waals surface area (Å²) in [6, 6.07) is 5.40. The molecule has 0 aliphatic carbocycles. The predicted molar refractivity (Wildman–Crippen MR) is 45.6 cm³/mol. The molecule has 0 bridgehead atoms. The molecule has 0 saturated heterocycles. The van der Waals surface area contributed by atoms with E-state index in [1.165, 1.54) is 24.3 Å². The molecule has 0 spiro atoms. The third kappa shape index (κ3) is 1.99. The second-order valence-corrected chi connectivity index (χ2v) is 3.57. The van der Waals surface area contributed by atoms with E-state index in [1.807, 2.05) is 0 Å². The van der Waals surface area contributed by atoms with Gasteiger partial charge < -0.3 is 5.23 Å². The Morgan fingerprint density at radius 2 is 1.75 bits per heavy atom. The van der Waals surface area contributed by atoms with Gasteiger partial charge in [0.2, 0.25) is 7.98 Å². The number of anilines is 1. The lowest BCUT2D eigenvalue weighted by Gasteiger charge is -2.00. The molecule has 0 aromatic heterocycles. The topological polar surface area (TPSA) is 66.4 Å². The van der Waals surface area contributed by atoms with Crippen molar-refractivity contribution >= 4 is 23.8 Å². The van der Waals surface area contributed by atoms with Crippen LogP contribution in [0.5, 0.6) is 0 Å². The molecule has 2 N–H and O–H groups in total. The molecule has 6 heteroatoms. The zero-order valence-electron chi connectivity index (χ0n) is 6.06. The summed E-state index contributed by atoms with van der Waals surface area (Å²) in [5.41, 5.74) is 0.572. The lowest BCUT2D eigenvalue weighted by atomic mass is 10.3. The molecule has 0 fully saturated rings. The SMILES string of the molecule is [B]Nc1ccc(S(=O)(=O)O)cc1. The Morgan fingerprint density at radius 3 is 2.08 bits per heavy atom. The van der Waals surface area contributed by atoms with E-state index >= 15 is 0 Å². The van der Waals surface area contributed by atoms with Crippen molar-refractivity contribution in [2.75, 3.05) is 5.23 Å². The van der Waals surface area contributed by atoms with E-state index in [2.05, 4.69) is 5.23 Å². The first-order valence-electron chi connectivity index (χ1n) is 3.08. The van der Waals surface area contributed by atoms with Gasteiger partial charge in [-0.2, -0.15) is 8.42 Å². The van der Waals surface area contributed by atoms with E-state index in [0.717, 1.165) is 0 Å². The van der Waals surface area contributed by atoms with Crippen molar-refractivity contribution in [1.29, 1.82) is 0 Å². The first kappa shape index (κ1) is 9.09. The maximum Gasteiger partial charge on any atom is 0.294 e. The maximum atomic E-state index is 10.5. The van der Waals surface area contributed by atoms with Crippen molar-refractivity contribution < 1.29 is 13.0 Å². The molecule has 12 heavy (non-hydrogen) atoms. The van der Waals surface area contributed by atoms with Crippen LogP contribution in [0.3, 0.4) is 0 Å². The van der Waals surface area contributed by atoms with Gasteiger partial charge in [-0.1, -0.05) is 0 Å². The van der Waals surface area contributed by atoms with Gasteiger partial charge in [0.15, 0.2) is 0 Å². The van der Waals surface area contributed by atoms with Crippen molar-refractivity contribution in [2.24, 2.45) is 0 Å². The van der Waals surface area contributed by atoms with Gasteiger partial charge in [0.1, 0.15) is 0 Å². The summed E-state index contributed by atoms with van der Waals surface area (Å²) in [4.78, 5) is -0.151. The smallest absolute Gasteiger partial charge is 0.294 e. The summed E-state index contributed by atoms with van der Waals surface area (Å²) in [5, 5.41) is 2.33. The van der Waals surface area contributed by atoms with Crippen LogP contribution in [-0.4, -0.2) is 21.0 Å². The van der Waals surface area contributed by atoms with E-state index in [1.54, 1.807) is 0 Å². The van der Waals surface area contributed by atoms with Crippen LogP contribution in [0.4, 0.5) is 5.69 Å². The third-order valence-corrected chi connectivity index (χ3v) is 2.19. The van der Waals surface area contributed by atoms with Gasteiger partial charge >= 0.3 is 0 Å². The Balaban J connectivity index is 3.09. The first-order valence-corrected chi connectivity index (χ1v) is 4.52. The molecule has 0 aliphatic rings. The Kier molecular flexibility index (Phi) is 2.39. The van der Waals surface area contributed by atoms with Crippen molar-refractivity contribution in [3.63, 3.8) is 0 Å². The van der Waals surface area contributed by atoms with Crippen molar-refractivity contribution in [3.8, 4) is 0 Å². The van der Waals surface area contributed by atoms with E-state index < -0.39 is 10.1 Å². The fourth-order valence-corrected chi connectivity index (χ4v) is 1.20. The average molecular weight is 183 g/mol. The second kappa shape index (κ2) is 3.16. The summed E-state index contributed by atoms with van der Waals surface area (Å²) in [7, 11) is 0.951. The van der Waals surface area contributed by atoms with Gasteiger partial charge in [-0.25, -0.2) is 0 Å². The molecule has 0 heterocycles. The largest absolute Gasteiger partial charge is 0.437 e. The molecular weight excluding hydrogens is 177 g/mol. The fourth-order valence-electron chi connectivity index (χ4n) is 0.723. The predicted octanol–water partition coefficient (Wildman–Crippen LogP) is 0.429. The lowest BCUT2D eigenvalue weighted by molar-refractivity contribution is 0.483. The molecule has 0 unspecified atom stereocenters. The quantitative estimate of drug-likeness (QED) is 0.515. The highest BCUT2D eigenvalue weighted by atomic mass is 32.2. The van der Waals surface area contributed by atoms with Gasteiger partial charge in [0.05, 0.1) is 4.90 Å². The zero-order chi connectivity index (χ0) is 9.19. The minimum atomic E-state index is -4.10. The van der Waals surface area contributed by atoms with Crippen LogP contribution >= 0.6 is 0 Å². The molecule has 1 aromatic rings. The van der Waals surface area contributed by atoms with E-state index in [-0.39, 0.29) is 4.90 Å². The van der Waals surface area contributed by atoms with Crippen LogP contribution in [0.25, 0.3) is 0 Å². The normalized spacial score (nSPS) is 11.1. The number of hydrogen-bond acceptors (Lipinski definition) is 3. The van der Waals surface area contributed by atoms with Crippen LogP contribution in [0.2, 0.25) is 0 Å². The number of hydrogen-bond donors (Lipinski definition) is 2. The first-order chi connectivity index (χ1) is 5.54. The number of rotatable bonds is 2. The third-order valence-electron chi connectivity index (χ3n) is 1.32. The van der Waals surface area contributed by atoms with E-state index in [4.69, 9.17) is 12.5 Å². The monoisotopic (exact) mass is 183 g/mol. The molecule has 0 saturated carbocycles. The summed E-state index contributed by atoms with van der Waals surface area (Å²) >= 11 is 0. The maximum absolute atomic E-state index is 10.5. The van der Waals surface area contributed by atoms with Gasteiger partial charge in [0.25, 0.3) is 10.1 Å². The molecule has 0 amide bonds. The van der Waals surface area contributed by atoms with Crippen molar-refractivity contribution in [3.05, 3.63) is 24.3 Å².